The minimum Gasteiger partial charge on any atom is -0.396 e. The summed E-state index contributed by atoms with van der Waals surface area (Å²) in [6.45, 7) is 2.89. The number of thioether (sulfide) groups is 1. The quantitative estimate of drug-likeness (QED) is 0.647. The summed E-state index contributed by atoms with van der Waals surface area (Å²) in [5.74, 6) is 0.119. The maximum absolute atomic E-state index is 9.92. The second-order valence-electron chi connectivity index (χ2n) is 7.42. The van der Waals surface area contributed by atoms with Gasteiger partial charge in [-0.15, -0.1) is 11.8 Å². The van der Waals surface area contributed by atoms with Gasteiger partial charge in [0.05, 0.1) is 12.7 Å². The van der Waals surface area contributed by atoms with Crippen molar-refractivity contribution in [3.63, 3.8) is 0 Å². The van der Waals surface area contributed by atoms with Crippen LogP contribution in [0.3, 0.4) is 0 Å². The third kappa shape index (κ3) is 4.91. The normalized spacial score (nSPS) is 19.0. The first kappa shape index (κ1) is 19.5. The Morgan fingerprint density at radius 3 is 2.19 bits per heavy atom. The molecule has 2 aromatic rings. The summed E-state index contributed by atoms with van der Waals surface area (Å²) in [5, 5.41) is 9.92. The number of rotatable bonds is 8. The van der Waals surface area contributed by atoms with Crippen LogP contribution in [0.25, 0.3) is 0 Å². The summed E-state index contributed by atoms with van der Waals surface area (Å²) in [6.07, 6.45) is 6.12. The third-order valence-corrected chi connectivity index (χ3v) is 6.91. The Labute approximate surface area is 162 Å². The molecular formula is C23H30O2S. The van der Waals surface area contributed by atoms with Crippen LogP contribution in [0.1, 0.15) is 44.6 Å². The van der Waals surface area contributed by atoms with Gasteiger partial charge in [0.2, 0.25) is 0 Å². The average molecular weight is 371 g/mol. The molecule has 26 heavy (non-hydrogen) atoms. The van der Waals surface area contributed by atoms with E-state index >= 15 is 0 Å². The van der Waals surface area contributed by atoms with Crippen molar-refractivity contribution in [2.24, 2.45) is 5.92 Å². The van der Waals surface area contributed by atoms with Gasteiger partial charge < -0.3 is 9.84 Å². The fourth-order valence-corrected chi connectivity index (χ4v) is 5.68. The number of ether oxygens (including phenoxy) is 1. The molecule has 0 spiro atoms. The minimum absolute atomic E-state index is 0.0382. The second kappa shape index (κ2) is 9.59. The highest BCUT2D eigenvalue weighted by Gasteiger charge is 2.44. The van der Waals surface area contributed by atoms with Crippen molar-refractivity contribution in [1.82, 2.24) is 0 Å². The van der Waals surface area contributed by atoms with Crippen LogP contribution in [0.5, 0.6) is 0 Å². The van der Waals surface area contributed by atoms with E-state index in [1.54, 1.807) is 0 Å². The molecule has 0 heterocycles. The molecule has 0 amide bonds. The zero-order chi connectivity index (χ0) is 18.2. The Bertz CT molecular complexity index is 638. The number of hydrogen-bond acceptors (Lipinski definition) is 3. The monoisotopic (exact) mass is 370 g/mol. The highest BCUT2D eigenvalue weighted by molar-refractivity contribution is 8.00. The Hall–Kier alpha value is -1.29. The SMILES string of the molecule is C[C@H](CO)[C@@H](OCc1ccccc1)C1(Sc2ccccc2)CCCCC1. The molecule has 0 radical (unpaired) electrons. The molecule has 0 bridgehead atoms. The van der Waals surface area contributed by atoms with E-state index in [1.165, 1.54) is 29.7 Å². The van der Waals surface area contributed by atoms with Crippen LogP contribution in [0.4, 0.5) is 0 Å². The van der Waals surface area contributed by atoms with Gasteiger partial charge >= 0.3 is 0 Å². The van der Waals surface area contributed by atoms with E-state index in [0.717, 1.165) is 12.8 Å². The molecule has 140 valence electrons. The van der Waals surface area contributed by atoms with E-state index in [0.29, 0.717) is 6.61 Å². The van der Waals surface area contributed by atoms with Crippen LogP contribution < -0.4 is 0 Å². The minimum atomic E-state index is 0.0382. The predicted octanol–water partition coefficient (Wildman–Crippen LogP) is 5.70. The summed E-state index contributed by atoms with van der Waals surface area (Å²) in [4.78, 5) is 1.30. The Morgan fingerprint density at radius 1 is 0.962 bits per heavy atom. The first-order chi connectivity index (χ1) is 12.7. The van der Waals surface area contributed by atoms with Gasteiger partial charge in [0.1, 0.15) is 0 Å². The molecule has 1 fully saturated rings. The molecule has 3 heteroatoms. The first-order valence-corrected chi connectivity index (χ1v) is 10.6. The lowest BCUT2D eigenvalue weighted by Crippen LogP contribution is -2.47. The summed E-state index contributed by atoms with van der Waals surface area (Å²) < 4.78 is 6.55. The van der Waals surface area contributed by atoms with E-state index in [4.69, 9.17) is 4.74 Å². The lowest BCUT2D eigenvalue weighted by Gasteiger charge is -2.45. The lowest BCUT2D eigenvalue weighted by atomic mass is 9.80. The molecular weight excluding hydrogens is 340 g/mol. The van der Waals surface area contributed by atoms with Gasteiger partial charge in [-0.05, 0) is 30.5 Å². The number of hydrogen-bond donors (Lipinski definition) is 1. The van der Waals surface area contributed by atoms with Crippen LogP contribution in [-0.4, -0.2) is 22.6 Å². The number of aliphatic hydroxyl groups excluding tert-OH is 1. The van der Waals surface area contributed by atoms with Crippen LogP contribution in [-0.2, 0) is 11.3 Å². The maximum atomic E-state index is 9.92. The van der Waals surface area contributed by atoms with Gasteiger partial charge in [-0.1, -0.05) is 74.7 Å². The lowest BCUT2D eigenvalue weighted by molar-refractivity contribution is -0.0419. The molecule has 2 atom stereocenters. The standard InChI is InChI=1S/C23H30O2S/c1-19(17-24)22(25-18-20-11-5-2-6-12-20)23(15-9-4-10-16-23)26-21-13-7-3-8-14-21/h2-3,5-8,11-14,19,22,24H,4,9-10,15-18H2,1H3/t19-,22-/m1/s1. The predicted molar refractivity (Wildman–Crippen MR) is 109 cm³/mol. The Kier molecular flexibility index (Phi) is 7.18. The van der Waals surface area contributed by atoms with Gasteiger partial charge in [-0.3, -0.25) is 0 Å². The summed E-state index contributed by atoms with van der Waals surface area (Å²) in [6, 6.07) is 21.0. The molecule has 0 aromatic heterocycles. The van der Waals surface area contributed by atoms with E-state index in [2.05, 4.69) is 61.5 Å². The zero-order valence-corrected chi connectivity index (χ0v) is 16.5. The summed E-state index contributed by atoms with van der Waals surface area (Å²) in [7, 11) is 0. The van der Waals surface area contributed by atoms with E-state index in [9.17, 15) is 5.11 Å². The van der Waals surface area contributed by atoms with E-state index < -0.39 is 0 Å². The van der Waals surface area contributed by atoms with Crippen LogP contribution in [0.15, 0.2) is 65.6 Å². The van der Waals surface area contributed by atoms with Crippen molar-refractivity contribution in [3.05, 3.63) is 66.2 Å². The van der Waals surface area contributed by atoms with E-state index in [1.807, 2.05) is 17.8 Å². The van der Waals surface area contributed by atoms with Crippen molar-refractivity contribution in [1.29, 1.82) is 0 Å². The van der Waals surface area contributed by atoms with Crippen LogP contribution >= 0.6 is 11.8 Å². The molecule has 1 aliphatic rings. The van der Waals surface area contributed by atoms with Crippen molar-refractivity contribution in [3.8, 4) is 0 Å². The van der Waals surface area contributed by atoms with Gasteiger partial charge in [0, 0.05) is 22.2 Å². The summed E-state index contributed by atoms with van der Waals surface area (Å²) >= 11 is 1.96. The fraction of sp³-hybridized carbons (Fsp3) is 0.478. The van der Waals surface area contributed by atoms with Crippen LogP contribution in [0.2, 0.25) is 0 Å². The van der Waals surface area contributed by atoms with Gasteiger partial charge in [0.15, 0.2) is 0 Å². The molecule has 1 aliphatic carbocycles. The number of benzene rings is 2. The van der Waals surface area contributed by atoms with Gasteiger partial charge in [-0.2, -0.15) is 0 Å². The van der Waals surface area contributed by atoms with Crippen molar-refractivity contribution in [2.45, 2.75) is 61.4 Å². The average Bonchev–Trinajstić information content (AvgIpc) is 2.70. The molecule has 1 saturated carbocycles. The summed E-state index contributed by atoms with van der Waals surface area (Å²) in [5.41, 5.74) is 1.19. The molecule has 0 unspecified atom stereocenters. The first-order valence-electron chi connectivity index (χ1n) is 9.74. The molecule has 3 rings (SSSR count). The largest absolute Gasteiger partial charge is 0.396 e. The molecule has 2 aromatic carbocycles. The Balaban J connectivity index is 1.83. The van der Waals surface area contributed by atoms with E-state index in [-0.39, 0.29) is 23.4 Å². The van der Waals surface area contributed by atoms with Crippen molar-refractivity contribution < 1.29 is 9.84 Å². The van der Waals surface area contributed by atoms with Crippen LogP contribution in [0, 0.1) is 5.92 Å². The fourth-order valence-electron chi connectivity index (χ4n) is 4.01. The third-order valence-electron chi connectivity index (χ3n) is 5.36. The highest BCUT2D eigenvalue weighted by Crippen LogP contribution is 2.49. The van der Waals surface area contributed by atoms with Crippen molar-refractivity contribution in [2.75, 3.05) is 6.61 Å². The van der Waals surface area contributed by atoms with Crippen molar-refractivity contribution >= 4 is 11.8 Å². The topological polar surface area (TPSA) is 29.5 Å². The van der Waals surface area contributed by atoms with Gasteiger partial charge in [-0.25, -0.2) is 0 Å². The van der Waals surface area contributed by atoms with Gasteiger partial charge in [0.25, 0.3) is 0 Å². The zero-order valence-electron chi connectivity index (χ0n) is 15.6. The maximum Gasteiger partial charge on any atom is 0.0777 e. The smallest absolute Gasteiger partial charge is 0.0777 e. The number of aliphatic hydroxyl groups is 1. The highest BCUT2D eigenvalue weighted by atomic mass is 32.2. The molecule has 1 N–H and O–H groups in total. The molecule has 0 aliphatic heterocycles. The Morgan fingerprint density at radius 2 is 1.58 bits per heavy atom. The molecule has 2 nitrogen and oxygen atoms in total. The molecule has 0 saturated heterocycles. The second-order valence-corrected chi connectivity index (χ2v) is 8.91.